The highest BCUT2D eigenvalue weighted by molar-refractivity contribution is 4.66. The van der Waals surface area contributed by atoms with Gasteiger partial charge in [-0.25, -0.2) is 0 Å². The zero-order chi connectivity index (χ0) is 9.40. The molecule has 0 aromatic carbocycles. The fraction of sp³-hybridized carbons (Fsp3) is 1.00. The van der Waals surface area contributed by atoms with Gasteiger partial charge in [-0.15, -0.1) is 0 Å². The average Bonchev–Trinajstić information content (AvgIpc) is 2.10. The van der Waals surface area contributed by atoms with Gasteiger partial charge in [0.05, 0.1) is 0 Å². The van der Waals surface area contributed by atoms with E-state index in [2.05, 4.69) is 33.0 Å². The molecule has 0 bridgehead atoms. The predicted molar refractivity (Wildman–Crippen MR) is 56.4 cm³/mol. The first-order valence-corrected chi connectivity index (χ1v) is 5.45. The summed E-state index contributed by atoms with van der Waals surface area (Å²) in [6.45, 7) is 10.3. The molecule has 0 aliphatic heterocycles. The molecule has 1 nitrogen and oxygen atoms in total. The first-order valence-electron chi connectivity index (χ1n) is 5.45. The Labute approximate surface area is 77.9 Å². The van der Waals surface area contributed by atoms with E-state index in [0.717, 1.165) is 5.92 Å². The molecule has 0 aromatic rings. The van der Waals surface area contributed by atoms with Crippen LogP contribution in [0.2, 0.25) is 0 Å². The third-order valence-corrected chi connectivity index (χ3v) is 2.74. The molecule has 0 aromatic heterocycles. The van der Waals surface area contributed by atoms with Gasteiger partial charge in [-0.1, -0.05) is 40.0 Å². The van der Waals surface area contributed by atoms with Crippen molar-refractivity contribution in [3.8, 4) is 0 Å². The first-order chi connectivity index (χ1) is 5.72. The van der Waals surface area contributed by atoms with E-state index in [1.165, 1.54) is 32.2 Å². The number of nitrogens with one attached hydrogen (secondary N) is 1. The Kier molecular flexibility index (Phi) is 7.58. The summed E-state index contributed by atoms with van der Waals surface area (Å²) in [4.78, 5) is 0. The second-order valence-electron chi connectivity index (χ2n) is 3.84. The van der Waals surface area contributed by atoms with Crippen LogP contribution in [0.5, 0.6) is 0 Å². The molecule has 0 heterocycles. The minimum Gasteiger partial charge on any atom is -0.314 e. The summed E-state index contributed by atoms with van der Waals surface area (Å²) in [6.07, 6.45) is 5.29. The highest BCUT2D eigenvalue weighted by atomic mass is 14.9. The van der Waals surface area contributed by atoms with Crippen LogP contribution in [0.1, 0.15) is 53.4 Å². The maximum absolute atomic E-state index is 3.57. The Morgan fingerprint density at radius 1 is 1.08 bits per heavy atom. The maximum Gasteiger partial charge on any atom is 0.00642 e. The number of rotatable bonds is 7. The Balaban J connectivity index is 3.24. The number of unbranched alkanes of at least 4 members (excludes halogenated alkanes) is 2. The Bertz CT molecular complexity index is 91.0. The van der Waals surface area contributed by atoms with E-state index >= 15 is 0 Å². The SMILES string of the molecule is CCCCCN[C@@H](C)[C@@H](C)CC. The molecular formula is C11H25N. The maximum atomic E-state index is 3.57. The Hall–Kier alpha value is -0.0400. The summed E-state index contributed by atoms with van der Waals surface area (Å²) in [5.41, 5.74) is 0. The quantitative estimate of drug-likeness (QED) is 0.580. The molecule has 0 fully saturated rings. The Morgan fingerprint density at radius 2 is 1.75 bits per heavy atom. The van der Waals surface area contributed by atoms with Crippen molar-refractivity contribution in [2.45, 2.75) is 59.4 Å². The van der Waals surface area contributed by atoms with Gasteiger partial charge in [0.25, 0.3) is 0 Å². The van der Waals surface area contributed by atoms with Crippen molar-refractivity contribution in [1.82, 2.24) is 5.32 Å². The minimum absolute atomic E-state index is 0.687. The number of hydrogen-bond donors (Lipinski definition) is 1. The van der Waals surface area contributed by atoms with Crippen LogP contribution >= 0.6 is 0 Å². The fourth-order valence-electron chi connectivity index (χ4n) is 1.26. The molecule has 0 saturated carbocycles. The molecule has 0 aliphatic carbocycles. The molecule has 2 atom stereocenters. The van der Waals surface area contributed by atoms with Crippen molar-refractivity contribution in [3.05, 3.63) is 0 Å². The monoisotopic (exact) mass is 171 g/mol. The lowest BCUT2D eigenvalue weighted by atomic mass is 10.0. The van der Waals surface area contributed by atoms with E-state index in [1.807, 2.05) is 0 Å². The van der Waals surface area contributed by atoms with Crippen LogP contribution in [0.15, 0.2) is 0 Å². The van der Waals surface area contributed by atoms with Gasteiger partial charge in [-0.3, -0.25) is 0 Å². The summed E-state index contributed by atoms with van der Waals surface area (Å²) in [5, 5.41) is 3.57. The summed E-state index contributed by atoms with van der Waals surface area (Å²) >= 11 is 0. The van der Waals surface area contributed by atoms with Gasteiger partial charge >= 0.3 is 0 Å². The van der Waals surface area contributed by atoms with E-state index < -0.39 is 0 Å². The molecular weight excluding hydrogens is 146 g/mol. The van der Waals surface area contributed by atoms with Gasteiger partial charge < -0.3 is 5.32 Å². The van der Waals surface area contributed by atoms with E-state index in [-0.39, 0.29) is 0 Å². The summed E-state index contributed by atoms with van der Waals surface area (Å²) in [6, 6.07) is 0.687. The van der Waals surface area contributed by atoms with Crippen molar-refractivity contribution >= 4 is 0 Å². The molecule has 0 saturated heterocycles. The van der Waals surface area contributed by atoms with E-state index in [4.69, 9.17) is 0 Å². The molecule has 0 unspecified atom stereocenters. The van der Waals surface area contributed by atoms with Crippen LogP contribution in [0, 0.1) is 5.92 Å². The lowest BCUT2D eigenvalue weighted by molar-refractivity contribution is 0.387. The van der Waals surface area contributed by atoms with Crippen molar-refractivity contribution < 1.29 is 0 Å². The minimum atomic E-state index is 0.687. The molecule has 1 heteroatoms. The van der Waals surface area contributed by atoms with E-state index in [9.17, 15) is 0 Å². The lowest BCUT2D eigenvalue weighted by Crippen LogP contribution is -2.32. The molecule has 0 rings (SSSR count). The zero-order valence-corrected chi connectivity index (χ0v) is 9.19. The van der Waals surface area contributed by atoms with Crippen molar-refractivity contribution in [1.29, 1.82) is 0 Å². The van der Waals surface area contributed by atoms with Gasteiger partial charge in [0, 0.05) is 6.04 Å². The molecule has 74 valence electrons. The predicted octanol–water partition coefficient (Wildman–Crippen LogP) is 3.20. The van der Waals surface area contributed by atoms with Crippen molar-refractivity contribution in [2.75, 3.05) is 6.54 Å². The van der Waals surface area contributed by atoms with E-state index in [0.29, 0.717) is 6.04 Å². The smallest absolute Gasteiger partial charge is 0.00642 e. The van der Waals surface area contributed by atoms with Crippen LogP contribution in [-0.4, -0.2) is 12.6 Å². The molecule has 0 spiro atoms. The fourth-order valence-corrected chi connectivity index (χ4v) is 1.26. The third-order valence-electron chi connectivity index (χ3n) is 2.74. The summed E-state index contributed by atoms with van der Waals surface area (Å²) < 4.78 is 0. The van der Waals surface area contributed by atoms with Crippen molar-refractivity contribution in [3.63, 3.8) is 0 Å². The topological polar surface area (TPSA) is 12.0 Å². The molecule has 1 N–H and O–H groups in total. The molecule has 0 aliphatic rings. The van der Waals surface area contributed by atoms with E-state index in [1.54, 1.807) is 0 Å². The molecule has 12 heavy (non-hydrogen) atoms. The van der Waals surface area contributed by atoms with Gasteiger partial charge in [0.2, 0.25) is 0 Å². The highest BCUT2D eigenvalue weighted by Crippen LogP contribution is 2.06. The standard InChI is InChI=1S/C11H25N/c1-5-7-8-9-12-11(4)10(3)6-2/h10-12H,5-9H2,1-4H3/t10-,11-/m0/s1. The highest BCUT2D eigenvalue weighted by Gasteiger charge is 2.07. The molecule has 0 amide bonds. The van der Waals surface area contributed by atoms with Crippen LogP contribution in [0.4, 0.5) is 0 Å². The Morgan fingerprint density at radius 3 is 2.25 bits per heavy atom. The largest absolute Gasteiger partial charge is 0.314 e. The van der Waals surface area contributed by atoms with Gasteiger partial charge in [0.15, 0.2) is 0 Å². The second-order valence-corrected chi connectivity index (χ2v) is 3.84. The summed E-state index contributed by atoms with van der Waals surface area (Å²) in [7, 11) is 0. The van der Waals surface area contributed by atoms with Crippen molar-refractivity contribution in [2.24, 2.45) is 5.92 Å². The third kappa shape index (κ3) is 5.59. The normalized spacial score (nSPS) is 16.0. The van der Waals surface area contributed by atoms with Crippen LogP contribution in [0.25, 0.3) is 0 Å². The molecule has 0 radical (unpaired) electrons. The van der Waals surface area contributed by atoms with Gasteiger partial charge in [-0.05, 0) is 25.8 Å². The van der Waals surface area contributed by atoms with Crippen LogP contribution in [0.3, 0.4) is 0 Å². The zero-order valence-electron chi connectivity index (χ0n) is 9.19. The van der Waals surface area contributed by atoms with Gasteiger partial charge in [0.1, 0.15) is 0 Å². The first kappa shape index (κ1) is 12.0. The second kappa shape index (κ2) is 7.60. The average molecular weight is 171 g/mol. The van der Waals surface area contributed by atoms with Crippen LogP contribution < -0.4 is 5.32 Å². The lowest BCUT2D eigenvalue weighted by Gasteiger charge is -2.19. The van der Waals surface area contributed by atoms with Crippen LogP contribution in [-0.2, 0) is 0 Å². The number of hydrogen-bond acceptors (Lipinski definition) is 1. The van der Waals surface area contributed by atoms with Gasteiger partial charge in [-0.2, -0.15) is 0 Å². The summed E-state index contributed by atoms with van der Waals surface area (Å²) in [5.74, 6) is 0.812.